The van der Waals surface area contributed by atoms with Gasteiger partial charge in [0.15, 0.2) is 0 Å². The Labute approximate surface area is 118 Å². The molecule has 3 rings (SSSR count). The maximum atomic E-state index is 11.3. The molecule has 1 unspecified atom stereocenters. The molecule has 1 aromatic rings. The summed E-state index contributed by atoms with van der Waals surface area (Å²) in [6, 6.07) is 4.61. The van der Waals surface area contributed by atoms with Crippen molar-refractivity contribution in [1.29, 1.82) is 0 Å². The van der Waals surface area contributed by atoms with Crippen molar-refractivity contribution in [2.45, 2.75) is 43.8 Å². The molecule has 1 atom stereocenters. The van der Waals surface area contributed by atoms with Crippen molar-refractivity contribution in [2.24, 2.45) is 0 Å². The molecular weight excluding hydrogens is 256 g/mol. The first-order valence-electron chi connectivity index (χ1n) is 6.86. The normalized spacial score (nSPS) is 22.4. The lowest BCUT2D eigenvalue weighted by atomic mass is 9.65. The number of ether oxygens (including phenoxy) is 1. The molecule has 19 heavy (non-hydrogen) atoms. The largest absolute Gasteiger partial charge is 0.468 e. The molecule has 0 N–H and O–H groups in total. The highest BCUT2D eigenvalue weighted by atomic mass is 32.2. The second kappa shape index (κ2) is 4.55. The van der Waals surface area contributed by atoms with Crippen molar-refractivity contribution >= 4 is 17.7 Å². The molecule has 0 spiro atoms. The van der Waals surface area contributed by atoms with Gasteiger partial charge in [-0.2, -0.15) is 0 Å². The van der Waals surface area contributed by atoms with Crippen LogP contribution in [0.4, 0.5) is 0 Å². The number of aryl methyl sites for hydroxylation is 1. The predicted octanol–water partition coefficient (Wildman–Crippen LogP) is 3.41. The third kappa shape index (κ3) is 2.08. The third-order valence-electron chi connectivity index (χ3n) is 4.42. The summed E-state index contributed by atoms with van der Waals surface area (Å²) >= 11 is 1.74. The van der Waals surface area contributed by atoms with E-state index in [4.69, 9.17) is 4.74 Å². The van der Waals surface area contributed by atoms with Gasteiger partial charge in [0.25, 0.3) is 0 Å². The number of hydrogen-bond donors (Lipinski definition) is 0. The lowest BCUT2D eigenvalue weighted by Gasteiger charge is -2.40. The summed E-state index contributed by atoms with van der Waals surface area (Å²) < 4.78 is 4.74. The van der Waals surface area contributed by atoms with Crippen LogP contribution in [0, 0.1) is 0 Å². The Morgan fingerprint density at radius 3 is 2.95 bits per heavy atom. The Bertz CT molecular complexity index is 534. The molecule has 0 aromatic heterocycles. The highest BCUT2D eigenvalue weighted by Gasteiger charge is 2.39. The van der Waals surface area contributed by atoms with E-state index in [-0.39, 0.29) is 5.97 Å². The van der Waals surface area contributed by atoms with Crippen molar-refractivity contribution in [1.82, 2.24) is 0 Å². The zero-order chi connectivity index (χ0) is 13.6. The van der Waals surface area contributed by atoms with Crippen LogP contribution in [0.15, 0.2) is 12.1 Å². The van der Waals surface area contributed by atoms with Crippen molar-refractivity contribution in [3.05, 3.63) is 34.4 Å². The van der Waals surface area contributed by atoms with E-state index < -0.39 is 0 Å². The second-order valence-corrected chi connectivity index (χ2v) is 7.33. The Morgan fingerprint density at radius 2 is 2.26 bits per heavy atom. The van der Waals surface area contributed by atoms with Gasteiger partial charge in [-0.05, 0) is 46.9 Å². The topological polar surface area (TPSA) is 26.3 Å². The number of carbonyl (C=O) groups is 1. The summed E-state index contributed by atoms with van der Waals surface area (Å²) in [5, 5.41) is 0.486. The molecule has 0 saturated carbocycles. The van der Waals surface area contributed by atoms with Crippen LogP contribution in [0.3, 0.4) is 0 Å². The van der Waals surface area contributed by atoms with Gasteiger partial charge in [0, 0.05) is 5.25 Å². The SMILES string of the molecule is COC(=O)CSC1CCc2ccc3c(c21)CC3(C)C. The summed E-state index contributed by atoms with van der Waals surface area (Å²) in [4.78, 5) is 11.3. The number of benzene rings is 1. The first-order chi connectivity index (χ1) is 9.03. The van der Waals surface area contributed by atoms with E-state index in [2.05, 4.69) is 26.0 Å². The predicted molar refractivity (Wildman–Crippen MR) is 78.7 cm³/mol. The zero-order valence-electron chi connectivity index (χ0n) is 11.8. The standard InChI is InChI=1S/C16H20O2S/c1-16(2)8-11-12(16)6-4-10-5-7-13(15(10)11)19-9-14(17)18-3/h4,6,13H,5,7-9H2,1-3H3. The Hall–Kier alpha value is -0.960. The molecule has 0 radical (unpaired) electrons. The number of esters is 1. The van der Waals surface area contributed by atoms with E-state index in [1.165, 1.54) is 30.2 Å². The fourth-order valence-electron chi connectivity index (χ4n) is 3.41. The molecule has 0 bridgehead atoms. The van der Waals surface area contributed by atoms with Crippen molar-refractivity contribution in [3.8, 4) is 0 Å². The molecule has 1 aromatic carbocycles. The minimum atomic E-state index is -0.117. The minimum Gasteiger partial charge on any atom is -0.468 e. The smallest absolute Gasteiger partial charge is 0.315 e. The van der Waals surface area contributed by atoms with Crippen LogP contribution < -0.4 is 0 Å². The molecular formula is C16H20O2S. The number of carbonyl (C=O) groups excluding carboxylic acids is 1. The molecule has 0 amide bonds. The Kier molecular flexibility index (Phi) is 3.12. The van der Waals surface area contributed by atoms with Crippen LogP contribution in [0.2, 0.25) is 0 Å². The lowest BCUT2D eigenvalue weighted by molar-refractivity contribution is -0.137. The Morgan fingerprint density at radius 1 is 1.47 bits per heavy atom. The highest BCUT2D eigenvalue weighted by molar-refractivity contribution is 8.00. The zero-order valence-corrected chi connectivity index (χ0v) is 12.6. The van der Waals surface area contributed by atoms with Crippen molar-refractivity contribution in [3.63, 3.8) is 0 Å². The molecule has 0 saturated heterocycles. The van der Waals surface area contributed by atoms with E-state index in [9.17, 15) is 4.79 Å². The maximum Gasteiger partial charge on any atom is 0.315 e. The van der Waals surface area contributed by atoms with Crippen LogP contribution >= 0.6 is 11.8 Å². The van der Waals surface area contributed by atoms with Crippen molar-refractivity contribution in [2.75, 3.05) is 12.9 Å². The number of methoxy groups -OCH3 is 1. The van der Waals surface area contributed by atoms with E-state index in [1.54, 1.807) is 17.3 Å². The fourth-order valence-corrected chi connectivity index (χ4v) is 4.61. The maximum absolute atomic E-state index is 11.3. The second-order valence-electron chi connectivity index (χ2n) is 6.14. The van der Waals surface area contributed by atoms with Crippen molar-refractivity contribution < 1.29 is 9.53 Å². The lowest BCUT2D eigenvalue weighted by Crippen LogP contribution is -2.33. The third-order valence-corrected chi connectivity index (χ3v) is 5.70. The monoisotopic (exact) mass is 276 g/mol. The van der Waals surface area contributed by atoms with Gasteiger partial charge in [0.05, 0.1) is 12.9 Å². The molecule has 2 aliphatic carbocycles. The van der Waals surface area contributed by atoms with Gasteiger partial charge >= 0.3 is 5.97 Å². The van der Waals surface area contributed by atoms with Crippen LogP contribution in [-0.2, 0) is 27.8 Å². The number of rotatable bonds is 3. The van der Waals surface area contributed by atoms with Gasteiger partial charge in [0.2, 0.25) is 0 Å². The van der Waals surface area contributed by atoms with Crippen LogP contribution in [0.1, 0.15) is 47.8 Å². The summed E-state index contributed by atoms with van der Waals surface area (Å²) in [5.74, 6) is 0.349. The van der Waals surface area contributed by atoms with Gasteiger partial charge in [-0.15, -0.1) is 11.8 Å². The summed E-state index contributed by atoms with van der Waals surface area (Å²) in [5.41, 5.74) is 6.44. The van der Waals surface area contributed by atoms with Gasteiger partial charge in [0.1, 0.15) is 0 Å². The molecule has 102 valence electrons. The summed E-state index contributed by atoms with van der Waals surface area (Å²) in [7, 11) is 1.46. The van der Waals surface area contributed by atoms with Gasteiger partial charge in [-0.25, -0.2) is 0 Å². The molecule has 0 heterocycles. The van der Waals surface area contributed by atoms with E-state index >= 15 is 0 Å². The summed E-state index contributed by atoms with van der Waals surface area (Å²) in [6.07, 6.45) is 3.50. The minimum absolute atomic E-state index is 0.117. The first kappa shape index (κ1) is 13.0. The van der Waals surface area contributed by atoms with Gasteiger partial charge in [-0.3, -0.25) is 4.79 Å². The molecule has 2 aliphatic rings. The van der Waals surface area contributed by atoms with Gasteiger partial charge in [-0.1, -0.05) is 26.0 Å². The number of hydrogen-bond acceptors (Lipinski definition) is 3. The van der Waals surface area contributed by atoms with Crippen LogP contribution in [0.25, 0.3) is 0 Å². The molecule has 0 aliphatic heterocycles. The molecule has 3 heteroatoms. The molecule has 0 fully saturated rings. The average molecular weight is 276 g/mol. The van der Waals surface area contributed by atoms with E-state index in [0.717, 1.165) is 12.8 Å². The highest BCUT2D eigenvalue weighted by Crippen LogP contribution is 2.51. The molecule has 2 nitrogen and oxygen atoms in total. The summed E-state index contributed by atoms with van der Waals surface area (Å²) in [6.45, 7) is 4.63. The number of thioether (sulfide) groups is 1. The van der Waals surface area contributed by atoms with Crippen LogP contribution in [-0.4, -0.2) is 18.8 Å². The number of fused-ring (bicyclic) bond motifs is 3. The van der Waals surface area contributed by atoms with Crippen LogP contribution in [0.5, 0.6) is 0 Å². The average Bonchev–Trinajstić information content (AvgIpc) is 2.77. The fraction of sp³-hybridized carbons (Fsp3) is 0.562. The quantitative estimate of drug-likeness (QED) is 0.791. The van der Waals surface area contributed by atoms with E-state index in [1.807, 2.05) is 0 Å². The van der Waals surface area contributed by atoms with Gasteiger partial charge < -0.3 is 4.74 Å². The first-order valence-corrected chi connectivity index (χ1v) is 7.91. The Balaban J connectivity index is 1.84. The van der Waals surface area contributed by atoms with E-state index in [0.29, 0.717) is 16.4 Å².